The summed E-state index contributed by atoms with van der Waals surface area (Å²) in [6.07, 6.45) is 13.9. The SMILES string of the molecule is CC(C)C(C)/C=C/[C@@H](C)[C@H]1CC[C@H]2/C(=C/C(=O)O[C@]3(C)CCC=CC3=O)C(=O)CC[C@]12C. The lowest BCUT2D eigenvalue weighted by atomic mass is 9.61. The first kappa shape index (κ1) is 24.7. The molecule has 176 valence electrons. The van der Waals surface area contributed by atoms with Crippen LogP contribution in [0, 0.1) is 35.0 Å². The molecular formula is C28H40O4. The van der Waals surface area contributed by atoms with Gasteiger partial charge in [0.1, 0.15) is 0 Å². The van der Waals surface area contributed by atoms with E-state index in [1.807, 2.05) is 6.08 Å². The number of fused-ring (bicyclic) bond motifs is 1. The number of Topliss-reactive ketones (excluding diaryl/α,β-unsaturated/α-hetero) is 1. The summed E-state index contributed by atoms with van der Waals surface area (Å²) in [6.45, 7) is 13.0. The molecule has 2 saturated carbocycles. The van der Waals surface area contributed by atoms with Crippen molar-refractivity contribution in [3.05, 3.63) is 36.0 Å². The fourth-order valence-corrected chi connectivity index (χ4v) is 5.94. The second-order valence-electron chi connectivity index (χ2n) is 11.1. The summed E-state index contributed by atoms with van der Waals surface area (Å²) in [5, 5.41) is 0. The lowest BCUT2D eigenvalue weighted by molar-refractivity contribution is -0.160. The summed E-state index contributed by atoms with van der Waals surface area (Å²) in [6, 6.07) is 0. The van der Waals surface area contributed by atoms with Gasteiger partial charge in [-0.05, 0) is 80.1 Å². The van der Waals surface area contributed by atoms with E-state index in [0.717, 1.165) is 19.3 Å². The van der Waals surface area contributed by atoms with Gasteiger partial charge in [0.15, 0.2) is 17.2 Å². The van der Waals surface area contributed by atoms with E-state index in [0.29, 0.717) is 48.5 Å². The monoisotopic (exact) mass is 440 g/mol. The molecule has 0 radical (unpaired) electrons. The average molecular weight is 441 g/mol. The fraction of sp³-hybridized carbons (Fsp3) is 0.679. The standard InChI is InChI=1S/C28H40O4/c1-18(2)19(3)10-11-20(4)22-12-13-23-21(24(29)14-16-27(22,23)5)17-26(31)32-28(6)15-8-7-9-25(28)30/h7,9-11,17-20,22-23H,8,12-16H2,1-6H3/b11-10+,21-17-/t19?,20-,22-,23+,27-,28-/m1/s1. The molecule has 1 unspecified atom stereocenters. The second kappa shape index (κ2) is 9.49. The van der Waals surface area contributed by atoms with E-state index in [9.17, 15) is 14.4 Å². The molecule has 0 saturated heterocycles. The highest BCUT2D eigenvalue weighted by atomic mass is 16.6. The lowest BCUT2D eigenvalue weighted by Crippen LogP contribution is -2.41. The molecule has 0 aromatic rings. The molecule has 2 fully saturated rings. The van der Waals surface area contributed by atoms with E-state index in [1.54, 1.807) is 6.92 Å². The Labute approximate surface area is 193 Å². The van der Waals surface area contributed by atoms with Crippen molar-refractivity contribution in [2.75, 3.05) is 0 Å². The van der Waals surface area contributed by atoms with E-state index >= 15 is 0 Å². The summed E-state index contributed by atoms with van der Waals surface area (Å²) in [5.41, 5.74) is -0.521. The van der Waals surface area contributed by atoms with Crippen molar-refractivity contribution < 1.29 is 19.1 Å². The van der Waals surface area contributed by atoms with Gasteiger partial charge in [0.25, 0.3) is 0 Å². The van der Waals surface area contributed by atoms with Crippen LogP contribution >= 0.6 is 0 Å². The normalized spacial score (nSPS) is 36.0. The topological polar surface area (TPSA) is 60.4 Å². The highest BCUT2D eigenvalue weighted by Gasteiger charge is 2.52. The molecule has 0 N–H and O–H groups in total. The number of carbonyl (C=O) groups is 3. The first-order valence-electron chi connectivity index (χ1n) is 12.3. The molecule has 0 heterocycles. The van der Waals surface area contributed by atoms with Crippen molar-refractivity contribution in [3.8, 4) is 0 Å². The molecular weight excluding hydrogens is 400 g/mol. The Morgan fingerprint density at radius 1 is 1.09 bits per heavy atom. The zero-order chi connectivity index (χ0) is 23.7. The van der Waals surface area contributed by atoms with Crippen LogP contribution in [-0.2, 0) is 19.1 Å². The number of ketones is 2. The van der Waals surface area contributed by atoms with Crippen LogP contribution in [0.5, 0.6) is 0 Å². The average Bonchev–Trinajstić information content (AvgIpc) is 3.08. The van der Waals surface area contributed by atoms with Gasteiger partial charge in [-0.25, -0.2) is 4.79 Å². The van der Waals surface area contributed by atoms with Crippen molar-refractivity contribution in [2.24, 2.45) is 35.0 Å². The van der Waals surface area contributed by atoms with Crippen molar-refractivity contribution in [1.82, 2.24) is 0 Å². The first-order chi connectivity index (χ1) is 15.0. The van der Waals surface area contributed by atoms with Crippen LogP contribution in [-0.4, -0.2) is 23.1 Å². The smallest absolute Gasteiger partial charge is 0.332 e. The number of allylic oxidation sites excluding steroid dienone is 4. The highest BCUT2D eigenvalue weighted by Crippen LogP contribution is 2.58. The Morgan fingerprint density at radius 3 is 2.47 bits per heavy atom. The predicted molar refractivity (Wildman–Crippen MR) is 127 cm³/mol. The molecule has 3 rings (SSSR count). The van der Waals surface area contributed by atoms with E-state index in [-0.39, 0.29) is 22.9 Å². The molecule has 0 aliphatic heterocycles. The lowest BCUT2D eigenvalue weighted by Gasteiger charge is -2.43. The van der Waals surface area contributed by atoms with Crippen molar-refractivity contribution >= 4 is 17.5 Å². The second-order valence-corrected chi connectivity index (χ2v) is 11.1. The van der Waals surface area contributed by atoms with Gasteiger partial charge < -0.3 is 4.74 Å². The Hall–Kier alpha value is -1.97. The van der Waals surface area contributed by atoms with E-state index in [2.05, 4.69) is 46.8 Å². The molecule has 0 bridgehead atoms. The minimum Gasteiger partial charge on any atom is -0.448 e. The zero-order valence-electron chi connectivity index (χ0n) is 20.6. The summed E-state index contributed by atoms with van der Waals surface area (Å²) < 4.78 is 5.61. The summed E-state index contributed by atoms with van der Waals surface area (Å²) in [5.74, 6) is 1.46. The van der Waals surface area contributed by atoms with Gasteiger partial charge in [-0.15, -0.1) is 0 Å². The molecule has 4 nitrogen and oxygen atoms in total. The van der Waals surface area contributed by atoms with Gasteiger partial charge in [-0.1, -0.05) is 52.8 Å². The molecule has 0 amide bonds. The quantitative estimate of drug-likeness (QED) is 0.288. The Kier molecular flexibility index (Phi) is 7.31. The largest absolute Gasteiger partial charge is 0.448 e. The Balaban J connectivity index is 1.78. The molecule has 4 heteroatoms. The summed E-state index contributed by atoms with van der Waals surface area (Å²) in [4.78, 5) is 37.9. The van der Waals surface area contributed by atoms with E-state index < -0.39 is 11.6 Å². The van der Waals surface area contributed by atoms with E-state index in [1.165, 1.54) is 12.2 Å². The minimum absolute atomic E-state index is 0.00184. The van der Waals surface area contributed by atoms with Gasteiger partial charge in [-0.2, -0.15) is 0 Å². The number of carbonyl (C=O) groups excluding carboxylic acids is 3. The van der Waals surface area contributed by atoms with Crippen LogP contribution < -0.4 is 0 Å². The van der Waals surface area contributed by atoms with Gasteiger partial charge >= 0.3 is 5.97 Å². The van der Waals surface area contributed by atoms with Crippen LogP contribution in [0.2, 0.25) is 0 Å². The maximum Gasteiger partial charge on any atom is 0.332 e. The number of hydrogen-bond donors (Lipinski definition) is 0. The molecule has 0 spiro atoms. The van der Waals surface area contributed by atoms with Crippen LogP contribution in [0.15, 0.2) is 36.0 Å². The van der Waals surface area contributed by atoms with Crippen LogP contribution in [0.1, 0.15) is 80.1 Å². The third-order valence-corrected chi connectivity index (χ3v) is 8.58. The maximum atomic E-state index is 12.8. The number of hydrogen-bond acceptors (Lipinski definition) is 4. The van der Waals surface area contributed by atoms with Crippen LogP contribution in [0.3, 0.4) is 0 Å². The van der Waals surface area contributed by atoms with Gasteiger partial charge in [0, 0.05) is 18.1 Å². The van der Waals surface area contributed by atoms with Crippen LogP contribution in [0.25, 0.3) is 0 Å². The predicted octanol–water partition coefficient (Wildman–Crippen LogP) is 6.01. The molecule has 3 aliphatic carbocycles. The molecule has 0 aromatic heterocycles. The fourth-order valence-electron chi connectivity index (χ4n) is 5.94. The molecule has 0 aromatic carbocycles. The van der Waals surface area contributed by atoms with Gasteiger partial charge in [0.05, 0.1) is 0 Å². The van der Waals surface area contributed by atoms with E-state index in [4.69, 9.17) is 4.74 Å². The molecule has 3 aliphatic rings. The van der Waals surface area contributed by atoms with Gasteiger partial charge in [-0.3, -0.25) is 9.59 Å². The molecule has 6 atom stereocenters. The number of ether oxygens (including phenoxy) is 1. The Bertz CT molecular complexity index is 847. The Morgan fingerprint density at radius 2 is 1.81 bits per heavy atom. The maximum absolute atomic E-state index is 12.8. The number of esters is 1. The molecule has 32 heavy (non-hydrogen) atoms. The third kappa shape index (κ3) is 4.84. The van der Waals surface area contributed by atoms with Gasteiger partial charge in [0.2, 0.25) is 0 Å². The zero-order valence-corrected chi connectivity index (χ0v) is 20.6. The van der Waals surface area contributed by atoms with Crippen molar-refractivity contribution in [2.45, 2.75) is 85.7 Å². The van der Waals surface area contributed by atoms with Crippen LogP contribution in [0.4, 0.5) is 0 Å². The summed E-state index contributed by atoms with van der Waals surface area (Å²) in [7, 11) is 0. The highest BCUT2D eigenvalue weighted by molar-refractivity contribution is 6.03. The van der Waals surface area contributed by atoms with Crippen molar-refractivity contribution in [1.29, 1.82) is 0 Å². The first-order valence-corrected chi connectivity index (χ1v) is 12.3. The summed E-state index contributed by atoms with van der Waals surface area (Å²) >= 11 is 0. The minimum atomic E-state index is -1.13. The van der Waals surface area contributed by atoms with Crippen molar-refractivity contribution in [3.63, 3.8) is 0 Å². The third-order valence-electron chi connectivity index (χ3n) is 8.58. The number of rotatable bonds is 6.